The molecule has 3 rings (SSSR count). The Hall–Kier alpha value is -1.95. The summed E-state index contributed by atoms with van der Waals surface area (Å²) in [6.45, 7) is 7.14. The molecule has 0 aromatic heterocycles. The first-order chi connectivity index (χ1) is 13.8. The summed E-state index contributed by atoms with van der Waals surface area (Å²) in [6.07, 6.45) is 0.534. The van der Waals surface area contributed by atoms with Crippen molar-refractivity contribution >= 4 is 24.7 Å². The van der Waals surface area contributed by atoms with Crippen molar-refractivity contribution in [3.63, 3.8) is 0 Å². The molecule has 0 unspecified atom stereocenters. The molecule has 0 heterocycles. The van der Waals surface area contributed by atoms with E-state index in [0.29, 0.717) is 19.4 Å². The molecule has 4 nitrogen and oxygen atoms in total. The van der Waals surface area contributed by atoms with E-state index in [-0.39, 0.29) is 22.8 Å². The number of aliphatic hydroxyl groups is 1. The fourth-order valence-electron chi connectivity index (χ4n) is 4.71. The molecule has 29 heavy (non-hydrogen) atoms. The van der Waals surface area contributed by atoms with E-state index in [2.05, 4.69) is 69.3 Å². The number of aliphatic hydroxyl groups excluding tert-OH is 1. The lowest BCUT2D eigenvalue weighted by atomic mass is 9.97. The third kappa shape index (κ3) is 4.32. The van der Waals surface area contributed by atoms with E-state index in [1.165, 1.54) is 17.5 Å². The average molecular weight is 413 g/mol. The van der Waals surface area contributed by atoms with Crippen LogP contribution in [0.5, 0.6) is 0 Å². The second-order valence-corrected chi connectivity index (χ2v) is 13.3. The minimum Gasteiger partial charge on any atom is -0.469 e. The monoisotopic (exact) mass is 412 g/mol. The topological polar surface area (TPSA) is 55.8 Å². The molecule has 0 saturated heterocycles. The second-order valence-electron chi connectivity index (χ2n) is 8.99. The van der Waals surface area contributed by atoms with Gasteiger partial charge in [-0.25, -0.2) is 0 Å². The van der Waals surface area contributed by atoms with Gasteiger partial charge in [-0.1, -0.05) is 81.4 Å². The highest BCUT2D eigenvalue weighted by Crippen LogP contribution is 2.39. The van der Waals surface area contributed by atoms with Gasteiger partial charge in [0.25, 0.3) is 8.32 Å². The smallest absolute Gasteiger partial charge is 0.309 e. The number of hydrogen-bond donors (Lipinski definition) is 1. The molecular weight excluding hydrogens is 380 g/mol. The largest absolute Gasteiger partial charge is 0.469 e. The van der Waals surface area contributed by atoms with Crippen molar-refractivity contribution in [2.75, 3.05) is 13.7 Å². The lowest BCUT2D eigenvalue weighted by molar-refractivity contribution is -0.147. The van der Waals surface area contributed by atoms with E-state index in [0.717, 1.165) is 0 Å². The van der Waals surface area contributed by atoms with Gasteiger partial charge < -0.3 is 14.3 Å². The van der Waals surface area contributed by atoms with Crippen LogP contribution in [0.3, 0.4) is 0 Å². The van der Waals surface area contributed by atoms with Gasteiger partial charge in [-0.05, 0) is 34.2 Å². The molecule has 2 aromatic rings. The maximum absolute atomic E-state index is 12.3. The van der Waals surface area contributed by atoms with Crippen molar-refractivity contribution in [2.24, 2.45) is 11.8 Å². The third-order valence-electron chi connectivity index (χ3n) is 6.10. The van der Waals surface area contributed by atoms with Crippen LogP contribution in [0.2, 0.25) is 5.04 Å². The normalized spacial score (nSPS) is 22.4. The first-order valence-corrected chi connectivity index (χ1v) is 12.2. The van der Waals surface area contributed by atoms with Gasteiger partial charge >= 0.3 is 5.97 Å². The van der Waals surface area contributed by atoms with Gasteiger partial charge in [0.05, 0.1) is 19.1 Å². The molecule has 0 radical (unpaired) electrons. The highest BCUT2D eigenvalue weighted by molar-refractivity contribution is 6.99. The van der Waals surface area contributed by atoms with Crippen LogP contribution in [0, 0.1) is 11.8 Å². The summed E-state index contributed by atoms with van der Waals surface area (Å²) in [5.74, 6) is -0.607. The fourth-order valence-corrected chi connectivity index (χ4v) is 9.33. The molecule has 1 aliphatic carbocycles. The van der Waals surface area contributed by atoms with E-state index in [9.17, 15) is 9.90 Å². The third-order valence-corrected chi connectivity index (χ3v) is 11.1. The lowest BCUT2D eigenvalue weighted by Crippen LogP contribution is -2.67. The first-order valence-electron chi connectivity index (χ1n) is 10.3. The van der Waals surface area contributed by atoms with E-state index < -0.39 is 14.4 Å². The minimum absolute atomic E-state index is 0.0425. The Bertz CT molecular complexity index is 761. The van der Waals surface area contributed by atoms with Gasteiger partial charge in [-0.15, -0.1) is 0 Å². The van der Waals surface area contributed by atoms with Crippen molar-refractivity contribution in [3.8, 4) is 0 Å². The van der Waals surface area contributed by atoms with Gasteiger partial charge in [0.1, 0.15) is 0 Å². The van der Waals surface area contributed by atoms with Crippen LogP contribution in [-0.4, -0.2) is 39.2 Å². The summed E-state index contributed by atoms with van der Waals surface area (Å²) in [5, 5.41) is 12.5. The molecule has 0 aliphatic heterocycles. The molecule has 0 bridgehead atoms. The van der Waals surface area contributed by atoms with Gasteiger partial charge in [0.2, 0.25) is 0 Å². The fraction of sp³-hybridized carbons (Fsp3) is 0.458. The highest BCUT2D eigenvalue weighted by atomic mass is 28.4. The number of ether oxygens (including phenoxy) is 1. The molecule has 156 valence electrons. The van der Waals surface area contributed by atoms with Gasteiger partial charge in [0.15, 0.2) is 0 Å². The Kier molecular flexibility index (Phi) is 6.61. The zero-order valence-corrected chi connectivity index (χ0v) is 18.8. The molecule has 1 N–H and O–H groups in total. The van der Waals surface area contributed by atoms with E-state index in [1.54, 1.807) is 0 Å². The van der Waals surface area contributed by atoms with Crippen molar-refractivity contribution in [1.29, 1.82) is 0 Å². The minimum atomic E-state index is -2.65. The molecule has 1 saturated carbocycles. The summed E-state index contributed by atoms with van der Waals surface area (Å²) in [7, 11) is -1.24. The van der Waals surface area contributed by atoms with E-state index in [4.69, 9.17) is 9.16 Å². The molecule has 3 atom stereocenters. The molecule has 0 spiro atoms. The zero-order valence-electron chi connectivity index (χ0n) is 17.8. The van der Waals surface area contributed by atoms with Crippen molar-refractivity contribution in [1.82, 2.24) is 0 Å². The van der Waals surface area contributed by atoms with Crippen molar-refractivity contribution < 1.29 is 19.1 Å². The first kappa shape index (κ1) is 21.7. The number of esters is 1. The second kappa shape index (κ2) is 8.82. The Morgan fingerprint density at radius 3 is 1.97 bits per heavy atom. The number of benzene rings is 2. The van der Waals surface area contributed by atoms with Gasteiger partial charge in [-0.2, -0.15) is 0 Å². The highest BCUT2D eigenvalue weighted by Gasteiger charge is 2.51. The quantitative estimate of drug-likeness (QED) is 0.585. The number of rotatable bonds is 6. The van der Waals surface area contributed by atoms with E-state index >= 15 is 0 Å². The van der Waals surface area contributed by atoms with E-state index in [1.807, 2.05) is 12.1 Å². The van der Waals surface area contributed by atoms with Crippen LogP contribution in [0.1, 0.15) is 33.6 Å². The maximum Gasteiger partial charge on any atom is 0.309 e. The average Bonchev–Trinajstić information content (AvgIpc) is 3.09. The number of carbonyl (C=O) groups excluding carboxylic acids is 1. The summed E-state index contributed by atoms with van der Waals surface area (Å²) in [4.78, 5) is 12.3. The Morgan fingerprint density at radius 2 is 1.52 bits per heavy atom. The van der Waals surface area contributed by atoms with Gasteiger partial charge in [0, 0.05) is 6.61 Å². The lowest BCUT2D eigenvalue weighted by Gasteiger charge is -2.43. The standard InChI is InChI=1S/C24H32O4Si/c1-24(2,3)29(20-11-7-5-8-12-20,21-13-9-6-10-14-21)28-17-18-15-19(25)16-22(18)23(26)27-4/h5-14,18-19,22,25H,15-17H2,1-4H3/t18-,19+,22-/m0/s1. The molecule has 1 aliphatic rings. The summed E-state index contributed by atoms with van der Waals surface area (Å²) in [6, 6.07) is 20.9. The molecule has 0 amide bonds. The van der Waals surface area contributed by atoms with Crippen LogP contribution >= 0.6 is 0 Å². The van der Waals surface area contributed by atoms with Crippen LogP contribution in [0.25, 0.3) is 0 Å². The SMILES string of the molecule is COC(=O)[C@H]1C[C@H](O)C[C@H]1CO[Si](c1ccccc1)(c1ccccc1)C(C)(C)C. The Labute approximate surface area is 175 Å². The number of carbonyl (C=O) groups is 1. The Balaban J connectivity index is 2.01. The van der Waals surface area contributed by atoms with Crippen LogP contribution in [0.4, 0.5) is 0 Å². The van der Waals surface area contributed by atoms with Crippen molar-refractivity contribution in [2.45, 2.75) is 44.8 Å². The summed E-state index contributed by atoms with van der Waals surface area (Å²) < 4.78 is 11.9. The van der Waals surface area contributed by atoms with Crippen LogP contribution in [-0.2, 0) is 14.0 Å². The molecular formula is C24H32O4Si. The molecule has 5 heteroatoms. The predicted octanol–water partition coefficient (Wildman–Crippen LogP) is 3.12. The van der Waals surface area contributed by atoms with Gasteiger partial charge in [-0.3, -0.25) is 4.79 Å². The summed E-state index contributed by atoms with van der Waals surface area (Å²) >= 11 is 0. The summed E-state index contributed by atoms with van der Waals surface area (Å²) in [5.41, 5.74) is 0. The number of hydrogen-bond acceptors (Lipinski definition) is 4. The predicted molar refractivity (Wildman–Crippen MR) is 118 cm³/mol. The maximum atomic E-state index is 12.3. The van der Waals surface area contributed by atoms with Crippen LogP contribution in [0.15, 0.2) is 60.7 Å². The van der Waals surface area contributed by atoms with Crippen LogP contribution < -0.4 is 10.4 Å². The Morgan fingerprint density at radius 1 is 1.00 bits per heavy atom. The van der Waals surface area contributed by atoms with Crippen molar-refractivity contribution in [3.05, 3.63) is 60.7 Å². The molecule has 1 fully saturated rings. The molecule has 2 aromatic carbocycles. The zero-order chi connectivity index (χ0) is 21.1. The number of methoxy groups -OCH3 is 1.